The number of alkyl halides is 3. The van der Waals surface area contributed by atoms with Gasteiger partial charge in [0.25, 0.3) is 5.56 Å². The summed E-state index contributed by atoms with van der Waals surface area (Å²) >= 11 is 8.24. The number of nitrogens with zero attached hydrogens (tertiary/aromatic N) is 1. The molecule has 4 nitrogen and oxygen atoms in total. The van der Waals surface area contributed by atoms with Crippen LogP contribution in [0.25, 0.3) is 5.57 Å². The number of ketones is 1. The molecule has 1 aromatic heterocycles. The van der Waals surface area contributed by atoms with Gasteiger partial charge in [-0.3, -0.25) is 9.59 Å². The Hall–Kier alpha value is -2.03. The number of rotatable bonds is 10. The quantitative estimate of drug-likeness (QED) is 0.277. The largest absolute Gasteiger partial charge is 0.421 e. The van der Waals surface area contributed by atoms with Crippen molar-refractivity contribution in [1.82, 2.24) is 9.88 Å². The highest BCUT2D eigenvalue weighted by atomic mass is 35.5. The van der Waals surface area contributed by atoms with Crippen molar-refractivity contribution in [1.29, 1.82) is 0 Å². The molecule has 0 saturated heterocycles. The Labute approximate surface area is 212 Å². The molecule has 0 radical (unpaired) electrons. The van der Waals surface area contributed by atoms with Crippen LogP contribution in [0, 0.1) is 5.92 Å². The Bertz CT molecular complexity index is 1130. The topological polar surface area (TPSA) is 53.2 Å². The minimum Gasteiger partial charge on any atom is -0.321 e. The number of Topliss-reactive ketones (excluding diaryl/α,β-unsaturated/α-hetero) is 1. The number of nitrogens with one attached hydrogen (secondary N) is 1. The number of hydrogen-bond acceptors (Lipinski definition) is 4. The predicted molar refractivity (Wildman–Crippen MR) is 136 cm³/mol. The van der Waals surface area contributed by atoms with E-state index in [0.29, 0.717) is 35.4 Å². The first-order chi connectivity index (χ1) is 16.6. The van der Waals surface area contributed by atoms with Gasteiger partial charge in [-0.25, -0.2) is 0 Å². The smallest absolute Gasteiger partial charge is 0.321 e. The first-order valence-electron chi connectivity index (χ1n) is 11.8. The van der Waals surface area contributed by atoms with Crippen molar-refractivity contribution < 1.29 is 18.0 Å². The van der Waals surface area contributed by atoms with Crippen molar-refractivity contribution in [2.75, 3.05) is 25.4 Å². The van der Waals surface area contributed by atoms with Crippen LogP contribution in [0.4, 0.5) is 13.2 Å². The number of hydrogen-bond donors (Lipinski definition) is 1. The summed E-state index contributed by atoms with van der Waals surface area (Å²) in [5.74, 6) is 1.02. The molecule has 1 fully saturated rings. The zero-order valence-corrected chi connectivity index (χ0v) is 21.5. The molecule has 1 N–H and O–H groups in total. The van der Waals surface area contributed by atoms with Crippen LogP contribution in [0.3, 0.4) is 0 Å². The zero-order chi connectivity index (χ0) is 25.6. The molecule has 1 aromatic carbocycles. The lowest BCUT2D eigenvalue weighted by Crippen LogP contribution is -2.24. The third-order valence-corrected chi connectivity index (χ3v) is 7.79. The van der Waals surface area contributed by atoms with Crippen LogP contribution in [0.2, 0.25) is 5.02 Å². The lowest BCUT2D eigenvalue weighted by atomic mass is 9.95. The van der Waals surface area contributed by atoms with E-state index in [1.807, 2.05) is 18.2 Å². The van der Waals surface area contributed by atoms with E-state index < -0.39 is 17.3 Å². The number of carbonyl (C=O) groups is 1. The van der Waals surface area contributed by atoms with Crippen LogP contribution in [-0.4, -0.2) is 41.1 Å². The van der Waals surface area contributed by atoms with Crippen LogP contribution in [-0.2, 0) is 11.0 Å². The number of allylic oxidation sites excluding steroid dienone is 1. The molecular formula is C26H30ClF3N2O2S. The van der Waals surface area contributed by atoms with Crippen LogP contribution in [0.15, 0.2) is 46.1 Å². The molecule has 1 heterocycles. The van der Waals surface area contributed by atoms with E-state index in [-0.39, 0.29) is 17.4 Å². The van der Waals surface area contributed by atoms with Gasteiger partial charge in [-0.1, -0.05) is 37.6 Å². The number of carbonyl (C=O) groups excluding carboxylic acids is 1. The number of H-pyrrole nitrogens is 1. The van der Waals surface area contributed by atoms with Gasteiger partial charge in [-0.05, 0) is 74.0 Å². The second kappa shape index (κ2) is 12.3. The fourth-order valence-electron chi connectivity index (χ4n) is 4.21. The lowest BCUT2D eigenvalue weighted by molar-refractivity contribution is -0.138. The Morgan fingerprint density at radius 2 is 1.94 bits per heavy atom. The van der Waals surface area contributed by atoms with Gasteiger partial charge < -0.3 is 9.88 Å². The molecule has 0 aliphatic heterocycles. The number of aromatic amines is 1. The van der Waals surface area contributed by atoms with E-state index in [1.54, 1.807) is 17.8 Å². The van der Waals surface area contributed by atoms with Crippen LogP contribution in [0.5, 0.6) is 0 Å². The Morgan fingerprint density at radius 3 is 2.51 bits per heavy atom. The van der Waals surface area contributed by atoms with E-state index in [0.717, 1.165) is 42.8 Å². The summed E-state index contributed by atoms with van der Waals surface area (Å²) in [6, 6.07) is 7.58. The standard InChI is InChI=1S/C26H30ClF3N2O2S/c1-3-32(4-2)12-5-13-35-24-11-7-18(16-22(24)27)20(15-17-6-8-19(33)14-17)23-10-9-21(25(34)31-23)26(28,29)30/h7,9-11,15-17H,3-6,8,12-14H2,1-2H3,(H,31,34)/b20-15+/t17-/m0/s1. The molecule has 1 aliphatic carbocycles. The maximum Gasteiger partial charge on any atom is 0.421 e. The van der Waals surface area contributed by atoms with E-state index >= 15 is 0 Å². The fraction of sp³-hybridized carbons (Fsp3) is 0.462. The molecular weight excluding hydrogens is 497 g/mol. The van der Waals surface area contributed by atoms with Crippen molar-refractivity contribution in [2.24, 2.45) is 5.92 Å². The van der Waals surface area contributed by atoms with Crippen LogP contribution in [0.1, 0.15) is 56.4 Å². The Kier molecular flexibility index (Phi) is 9.67. The van der Waals surface area contributed by atoms with Crippen molar-refractivity contribution in [3.05, 3.63) is 68.6 Å². The molecule has 190 valence electrons. The molecule has 1 atom stereocenters. The highest BCUT2D eigenvalue weighted by molar-refractivity contribution is 7.99. The number of thioether (sulfide) groups is 1. The van der Waals surface area contributed by atoms with E-state index in [9.17, 15) is 22.8 Å². The minimum atomic E-state index is -4.73. The highest BCUT2D eigenvalue weighted by Gasteiger charge is 2.34. The molecule has 9 heteroatoms. The van der Waals surface area contributed by atoms with Gasteiger partial charge in [-0.15, -0.1) is 11.8 Å². The van der Waals surface area contributed by atoms with Crippen LogP contribution < -0.4 is 5.56 Å². The number of pyridine rings is 1. The number of benzene rings is 1. The number of aromatic nitrogens is 1. The molecule has 1 saturated carbocycles. The molecule has 0 unspecified atom stereocenters. The average Bonchev–Trinajstić information content (AvgIpc) is 3.22. The van der Waals surface area contributed by atoms with Gasteiger partial charge in [0.15, 0.2) is 0 Å². The van der Waals surface area contributed by atoms with Crippen molar-refractivity contribution in [3.63, 3.8) is 0 Å². The third-order valence-electron chi connectivity index (χ3n) is 6.20. The van der Waals surface area contributed by atoms with E-state index in [2.05, 4.69) is 23.7 Å². The van der Waals surface area contributed by atoms with E-state index in [1.165, 1.54) is 6.07 Å². The second-order valence-electron chi connectivity index (χ2n) is 8.61. The van der Waals surface area contributed by atoms with Crippen LogP contribution >= 0.6 is 23.4 Å². The summed E-state index contributed by atoms with van der Waals surface area (Å²) in [4.78, 5) is 29.6. The Balaban J connectivity index is 1.87. The van der Waals surface area contributed by atoms with Crippen molar-refractivity contribution in [3.8, 4) is 0 Å². The summed E-state index contributed by atoms with van der Waals surface area (Å²) in [5, 5.41) is 0.540. The van der Waals surface area contributed by atoms with Gasteiger partial charge >= 0.3 is 6.18 Å². The van der Waals surface area contributed by atoms with Gasteiger partial charge in [0.05, 0.1) is 5.02 Å². The molecule has 1 aliphatic rings. The molecule has 0 amide bonds. The average molecular weight is 527 g/mol. The van der Waals surface area contributed by atoms with Gasteiger partial charge in [0, 0.05) is 29.0 Å². The first-order valence-corrected chi connectivity index (χ1v) is 13.2. The maximum absolute atomic E-state index is 13.1. The summed E-state index contributed by atoms with van der Waals surface area (Å²) in [7, 11) is 0. The fourth-order valence-corrected chi connectivity index (χ4v) is 5.41. The monoisotopic (exact) mass is 526 g/mol. The van der Waals surface area contributed by atoms with Gasteiger partial charge in [-0.2, -0.15) is 13.2 Å². The SMILES string of the molecule is CCN(CC)CCCSc1ccc(/C(=C\[C@H]2CCC(=O)C2)c2ccc(C(F)(F)F)c(=O)[nH]2)cc1Cl. The maximum atomic E-state index is 13.1. The van der Waals surface area contributed by atoms with Crippen molar-refractivity contribution in [2.45, 2.75) is 50.6 Å². The summed E-state index contributed by atoms with van der Waals surface area (Å²) in [6.45, 7) is 7.34. The lowest BCUT2D eigenvalue weighted by Gasteiger charge is -2.17. The minimum absolute atomic E-state index is 0.0452. The summed E-state index contributed by atoms with van der Waals surface area (Å²) in [5.41, 5.74) is -0.938. The second-order valence-corrected chi connectivity index (χ2v) is 10.2. The summed E-state index contributed by atoms with van der Waals surface area (Å²) < 4.78 is 39.3. The molecule has 0 bridgehead atoms. The molecule has 2 aromatic rings. The molecule has 3 rings (SSSR count). The molecule has 0 spiro atoms. The van der Waals surface area contributed by atoms with Gasteiger partial charge in [0.1, 0.15) is 11.3 Å². The van der Waals surface area contributed by atoms with E-state index in [4.69, 9.17) is 11.6 Å². The Morgan fingerprint density at radius 1 is 1.20 bits per heavy atom. The first kappa shape index (κ1) is 27.6. The number of halogens is 4. The van der Waals surface area contributed by atoms with Crippen molar-refractivity contribution >= 4 is 34.7 Å². The normalized spacial score (nSPS) is 16.9. The van der Waals surface area contributed by atoms with Gasteiger partial charge in [0.2, 0.25) is 0 Å². The third kappa shape index (κ3) is 7.48. The predicted octanol–water partition coefficient (Wildman–Crippen LogP) is 6.67. The summed E-state index contributed by atoms with van der Waals surface area (Å²) in [6.07, 6.45) is -0.322. The zero-order valence-electron chi connectivity index (χ0n) is 19.9. The highest BCUT2D eigenvalue weighted by Crippen LogP contribution is 2.35. The molecule has 35 heavy (non-hydrogen) atoms.